The van der Waals surface area contributed by atoms with Gasteiger partial charge < -0.3 is 4.74 Å². The summed E-state index contributed by atoms with van der Waals surface area (Å²) < 4.78 is 19.5. The summed E-state index contributed by atoms with van der Waals surface area (Å²) in [6.45, 7) is 3.81. The minimum absolute atomic E-state index is 0.298. The summed E-state index contributed by atoms with van der Waals surface area (Å²) in [5, 5.41) is 0. The van der Waals surface area contributed by atoms with Crippen LogP contribution in [0.2, 0.25) is 0 Å². The van der Waals surface area contributed by atoms with E-state index in [-0.39, 0.29) is 5.82 Å². The van der Waals surface area contributed by atoms with Crippen LogP contribution in [-0.2, 0) is 4.74 Å². The van der Waals surface area contributed by atoms with Crippen LogP contribution in [0.4, 0.5) is 4.39 Å². The van der Waals surface area contributed by atoms with Crippen molar-refractivity contribution >= 4 is 5.97 Å². The van der Waals surface area contributed by atoms with Crippen molar-refractivity contribution in [1.82, 2.24) is 9.55 Å². The van der Waals surface area contributed by atoms with E-state index < -0.39 is 5.97 Å². The summed E-state index contributed by atoms with van der Waals surface area (Å²) in [5.41, 5.74) is 1.01. The quantitative estimate of drug-likeness (QED) is 0.784. The van der Waals surface area contributed by atoms with Crippen LogP contribution in [0, 0.1) is 12.7 Å². The number of benzene rings is 1. The van der Waals surface area contributed by atoms with Crippen LogP contribution in [0.3, 0.4) is 0 Å². The fraction of sp³-hybridized carbons (Fsp3) is 0.231. The number of carbonyl (C=O) groups is 1. The number of nitrogens with zero attached hydrogens (tertiary/aromatic N) is 2. The molecule has 1 aromatic carbocycles. The SMILES string of the molecule is CCOC(=O)c1cnc(C)n1-c1ccc(F)cc1. The molecule has 0 aliphatic rings. The zero-order valence-corrected chi connectivity index (χ0v) is 10.2. The zero-order valence-electron chi connectivity index (χ0n) is 10.2. The van der Waals surface area contributed by atoms with E-state index in [1.807, 2.05) is 0 Å². The van der Waals surface area contributed by atoms with Gasteiger partial charge in [-0.05, 0) is 38.1 Å². The summed E-state index contributed by atoms with van der Waals surface area (Å²) in [6.07, 6.45) is 1.46. The topological polar surface area (TPSA) is 44.1 Å². The van der Waals surface area contributed by atoms with Crippen LogP contribution in [0.15, 0.2) is 30.5 Å². The van der Waals surface area contributed by atoms with Crippen molar-refractivity contribution in [2.75, 3.05) is 6.61 Å². The van der Waals surface area contributed by atoms with Crippen LogP contribution >= 0.6 is 0 Å². The highest BCUT2D eigenvalue weighted by molar-refractivity contribution is 5.88. The molecule has 0 aliphatic heterocycles. The Morgan fingerprint density at radius 2 is 2.06 bits per heavy atom. The Hall–Kier alpha value is -2.17. The first-order valence-corrected chi connectivity index (χ1v) is 5.61. The molecule has 0 spiro atoms. The maximum absolute atomic E-state index is 12.9. The minimum Gasteiger partial charge on any atom is -0.461 e. The number of halogens is 1. The number of esters is 1. The second-order valence-electron chi connectivity index (χ2n) is 3.72. The molecular weight excluding hydrogens is 235 g/mol. The molecule has 2 rings (SSSR count). The fourth-order valence-corrected chi connectivity index (χ4v) is 1.71. The van der Waals surface area contributed by atoms with Crippen LogP contribution in [0.5, 0.6) is 0 Å². The number of carbonyl (C=O) groups excluding carboxylic acids is 1. The zero-order chi connectivity index (χ0) is 13.1. The Balaban J connectivity index is 2.46. The Bertz CT molecular complexity index is 561. The molecule has 0 saturated carbocycles. The molecule has 0 N–H and O–H groups in total. The van der Waals surface area contributed by atoms with E-state index in [0.717, 1.165) is 0 Å². The Morgan fingerprint density at radius 1 is 1.39 bits per heavy atom. The predicted molar refractivity (Wildman–Crippen MR) is 64.2 cm³/mol. The van der Waals surface area contributed by atoms with Gasteiger partial charge in [0.1, 0.15) is 11.6 Å². The van der Waals surface area contributed by atoms with Crippen molar-refractivity contribution in [3.05, 3.63) is 47.8 Å². The van der Waals surface area contributed by atoms with Crippen molar-refractivity contribution in [3.63, 3.8) is 0 Å². The predicted octanol–water partition coefficient (Wildman–Crippen LogP) is 2.50. The smallest absolute Gasteiger partial charge is 0.356 e. The van der Waals surface area contributed by atoms with Gasteiger partial charge in [0, 0.05) is 5.69 Å². The van der Waals surface area contributed by atoms with E-state index in [4.69, 9.17) is 4.74 Å². The van der Waals surface area contributed by atoms with Crippen molar-refractivity contribution in [2.24, 2.45) is 0 Å². The summed E-state index contributed by atoms with van der Waals surface area (Å²) >= 11 is 0. The van der Waals surface area contributed by atoms with Gasteiger partial charge in [-0.25, -0.2) is 14.2 Å². The third-order valence-electron chi connectivity index (χ3n) is 2.51. The monoisotopic (exact) mass is 248 g/mol. The van der Waals surface area contributed by atoms with E-state index in [0.29, 0.717) is 23.8 Å². The van der Waals surface area contributed by atoms with E-state index in [1.54, 1.807) is 30.5 Å². The molecule has 1 aromatic heterocycles. The molecule has 2 aromatic rings. The lowest BCUT2D eigenvalue weighted by atomic mass is 10.3. The third kappa shape index (κ3) is 2.25. The van der Waals surface area contributed by atoms with Gasteiger partial charge in [-0.1, -0.05) is 0 Å². The number of aromatic nitrogens is 2. The molecule has 94 valence electrons. The van der Waals surface area contributed by atoms with Gasteiger partial charge in [-0.2, -0.15) is 0 Å². The Labute approximate surface area is 104 Å². The molecule has 4 nitrogen and oxygen atoms in total. The van der Waals surface area contributed by atoms with Crippen LogP contribution in [-0.4, -0.2) is 22.1 Å². The molecule has 18 heavy (non-hydrogen) atoms. The van der Waals surface area contributed by atoms with Crippen molar-refractivity contribution in [1.29, 1.82) is 0 Å². The van der Waals surface area contributed by atoms with Crippen molar-refractivity contribution in [3.8, 4) is 5.69 Å². The van der Waals surface area contributed by atoms with Crippen molar-refractivity contribution in [2.45, 2.75) is 13.8 Å². The molecule has 0 amide bonds. The summed E-state index contributed by atoms with van der Waals surface area (Å²) in [7, 11) is 0. The molecule has 0 aliphatic carbocycles. The highest BCUT2D eigenvalue weighted by Crippen LogP contribution is 2.16. The Kier molecular flexibility index (Phi) is 3.41. The molecule has 0 radical (unpaired) electrons. The van der Waals surface area contributed by atoms with Crippen LogP contribution in [0.25, 0.3) is 5.69 Å². The summed E-state index contributed by atoms with van der Waals surface area (Å²) in [4.78, 5) is 15.8. The molecule has 0 unspecified atom stereocenters. The van der Waals surface area contributed by atoms with Gasteiger partial charge >= 0.3 is 5.97 Å². The molecule has 5 heteroatoms. The number of imidazole rings is 1. The molecule has 0 bridgehead atoms. The molecule has 0 saturated heterocycles. The maximum Gasteiger partial charge on any atom is 0.356 e. The first kappa shape index (κ1) is 12.3. The van der Waals surface area contributed by atoms with E-state index in [2.05, 4.69) is 4.98 Å². The molecule has 0 fully saturated rings. The number of hydrogen-bond donors (Lipinski definition) is 0. The lowest BCUT2D eigenvalue weighted by molar-refractivity contribution is 0.0517. The largest absolute Gasteiger partial charge is 0.461 e. The maximum atomic E-state index is 12.9. The number of ether oxygens (including phenoxy) is 1. The highest BCUT2D eigenvalue weighted by atomic mass is 19.1. The van der Waals surface area contributed by atoms with Gasteiger partial charge in [0.15, 0.2) is 5.69 Å². The highest BCUT2D eigenvalue weighted by Gasteiger charge is 2.16. The summed E-state index contributed by atoms with van der Waals surface area (Å²) in [6, 6.07) is 5.85. The van der Waals surface area contributed by atoms with Gasteiger partial charge in [0.05, 0.1) is 12.8 Å². The van der Waals surface area contributed by atoms with Crippen molar-refractivity contribution < 1.29 is 13.9 Å². The van der Waals surface area contributed by atoms with E-state index in [9.17, 15) is 9.18 Å². The van der Waals surface area contributed by atoms with Gasteiger partial charge in [-0.3, -0.25) is 4.57 Å². The number of hydrogen-bond acceptors (Lipinski definition) is 3. The molecule has 1 heterocycles. The average molecular weight is 248 g/mol. The lowest BCUT2D eigenvalue weighted by Gasteiger charge is -2.09. The number of rotatable bonds is 3. The lowest BCUT2D eigenvalue weighted by Crippen LogP contribution is -2.11. The Morgan fingerprint density at radius 3 is 2.67 bits per heavy atom. The second kappa shape index (κ2) is 5.00. The normalized spacial score (nSPS) is 10.4. The third-order valence-corrected chi connectivity index (χ3v) is 2.51. The standard InChI is InChI=1S/C13H13FN2O2/c1-3-18-13(17)12-8-15-9(2)16(12)11-6-4-10(14)5-7-11/h4-8H,3H2,1-2H3. The van der Waals surface area contributed by atoms with Crippen LogP contribution < -0.4 is 0 Å². The van der Waals surface area contributed by atoms with E-state index >= 15 is 0 Å². The number of aryl methyl sites for hydroxylation is 1. The second-order valence-corrected chi connectivity index (χ2v) is 3.72. The molecular formula is C13H13FN2O2. The van der Waals surface area contributed by atoms with Gasteiger partial charge in [0.25, 0.3) is 0 Å². The first-order valence-electron chi connectivity index (χ1n) is 5.61. The first-order chi connectivity index (χ1) is 8.63. The average Bonchev–Trinajstić information content (AvgIpc) is 2.73. The fourth-order valence-electron chi connectivity index (χ4n) is 1.71. The van der Waals surface area contributed by atoms with Gasteiger partial charge in [-0.15, -0.1) is 0 Å². The van der Waals surface area contributed by atoms with E-state index in [1.165, 1.54) is 18.3 Å². The van der Waals surface area contributed by atoms with Gasteiger partial charge in [0.2, 0.25) is 0 Å². The summed E-state index contributed by atoms with van der Waals surface area (Å²) in [5.74, 6) is -0.124. The minimum atomic E-state index is -0.442. The van der Waals surface area contributed by atoms with Crippen LogP contribution in [0.1, 0.15) is 23.2 Å². The molecule has 0 atom stereocenters.